The number of hydrogen-bond acceptors (Lipinski definition) is 9. The van der Waals surface area contributed by atoms with Crippen molar-refractivity contribution in [3.05, 3.63) is 24.8 Å². The van der Waals surface area contributed by atoms with Crippen LogP contribution in [0.1, 0.15) is 20.8 Å². The average Bonchev–Trinajstić information content (AvgIpc) is 3.09. The molecule has 3 rings (SSSR count). The molecule has 2 amide bonds. The van der Waals surface area contributed by atoms with Crippen LogP contribution in [0.25, 0.3) is 21.5 Å². The minimum atomic E-state index is -0.607. The van der Waals surface area contributed by atoms with Crippen LogP contribution in [0.15, 0.2) is 24.8 Å². The van der Waals surface area contributed by atoms with Crippen molar-refractivity contribution < 1.29 is 14.3 Å². The summed E-state index contributed by atoms with van der Waals surface area (Å²) in [7, 11) is 0. The van der Waals surface area contributed by atoms with Gasteiger partial charge in [-0.1, -0.05) is 11.3 Å². The van der Waals surface area contributed by atoms with E-state index >= 15 is 0 Å². The first-order chi connectivity index (χ1) is 14.0. The number of carbonyl (C=O) groups is 2. The fourth-order valence-electron chi connectivity index (χ4n) is 2.52. The summed E-state index contributed by atoms with van der Waals surface area (Å²) in [6, 6.07) is 0.877. The van der Waals surface area contributed by atoms with E-state index in [2.05, 4.69) is 35.9 Å². The van der Waals surface area contributed by atoms with Gasteiger partial charge in [0.15, 0.2) is 5.13 Å². The molecule has 0 aliphatic carbocycles. The van der Waals surface area contributed by atoms with Gasteiger partial charge >= 0.3 is 12.0 Å². The number of amides is 2. The minimum absolute atomic E-state index is 0.292. The van der Waals surface area contributed by atoms with Gasteiger partial charge in [-0.15, -0.1) is 0 Å². The number of rotatable bonds is 7. The molecular formula is C18H21N7O3S. The predicted molar refractivity (Wildman–Crippen MR) is 111 cm³/mol. The molecule has 0 radical (unpaired) electrons. The van der Waals surface area contributed by atoms with Crippen LogP contribution < -0.4 is 16.0 Å². The second-order valence-corrected chi connectivity index (χ2v) is 6.94. The Kier molecular flexibility index (Phi) is 6.50. The topological polar surface area (TPSA) is 131 Å². The van der Waals surface area contributed by atoms with Gasteiger partial charge in [-0.2, -0.15) is 0 Å². The van der Waals surface area contributed by atoms with Crippen LogP contribution in [0.5, 0.6) is 0 Å². The predicted octanol–water partition coefficient (Wildman–Crippen LogP) is 2.65. The molecule has 3 aromatic heterocycles. The Morgan fingerprint density at radius 2 is 1.97 bits per heavy atom. The lowest BCUT2D eigenvalue weighted by atomic mass is 10.1. The zero-order valence-corrected chi connectivity index (χ0v) is 17.0. The standard InChI is InChI=1S/C18H21N7O3S/c1-4-21-17(27)25-18-23-13-6-12(11-7-19-9-20-8-11)14(24-15(13)29-18)22-10(3)16(26)28-5-2/h6-10H,4-5H2,1-3H3,(H,22,24)(H2,21,23,25,27). The molecule has 3 heterocycles. The van der Waals surface area contributed by atoms with Crippen molar-refractivity contribution in [3.8, 4) is 11.1 Å². The Morgan fingerprint density at radius 1 is 1.21 bits per heavy atom. The lowest BCUT2D eigenvalue weighted by molar-refractivity contribution is -0.143. The molecule has 11 heteroatoms. The molecule has 3 N–H and O–H groups in total. The molecular weight excluding hydrogens is 394 g/mol. The van der Waals surface area contributed by atoms with E-state index in [1.165, 1.54) is 17.7 Å². The normalized spacial score (nSPS) is 11.7. The average molecular weight is 415 g/mol. The maximum absolute atomic E-state index is 12.0. The summed E-state index contributed by atoms with van der Waals surface area (Å²) < 4.78 is 5.06. The quantitative estimate of drug-likeness (QED) is 0.502. The lowest BCUT2D eigenvalue weighted by Gasteiger charge is -2.16. The Bertz CT molecular complexity index is 1010. The maximum Gasteiger partial charge on any atom is 0.328 e. The number of fused-ring (bicyclic) bond motifs is 1. The molecule has 29 heavy (non-hydrogen) atoms. The third-order valence-electron chi connectivity index (χ3n) is 3.81. The van der Waals surface area contributed by atoms with Crippen molar-refractivity contribution in [1.29, 1.82) is 0 Å². The van der Waals surface area contributed by atoms with Crippen molar-refractivity contribution in [2.75, 3.05) is 23.8 Å². The first-order valence-corrected chi connectivity index (χ1v) is 9.88. The van der Waals surface area contributed by atoms with E-state index in [4.69, 9.17) is 4.74 Å². The smallest absolute Gasteiger partial charge is 0.328 e. The highest BCUT2D eigenvalue weighted by molar-refractivity contribution is 7.22. The summed E-state index contributed by atoms with van der Waals surface area (Å²) in [6.07, 6.45) is 4.73. The molecule has 0 saturated heterocycles. The second-order valence-electron chi connectivity index (χ2n) is 5.96. The number of ether oxygens (including phenoxy) is 1. The molecule has 1 atom stereocenters. The van der Waals surface area contributed by atoms with Crippen molar-refractivity contribution in [2.24, 2.45) is 0 Å². The molecule has 0 aliphatic heterocycles. The van der Waals surface area contributed by atoms with Gasteiger partial charge in [0.1, 0.15) is 28.5 Å². The first-order valence-electron chi connectivity index (χ1n) is 9.06. The van der Waals surface area contributed by atoms with Crippen LogP contribution in [-0.4, -0.2) is 51.1 Å². The highest BCUT2D eigenvalue weighted by Crippen LogP contribution is 2.33. The van der Waals surface area contributed by atoms with E-state index in [1.807, 2.05) is 13.0 Å². The summed E-state index contributed by atoms with van der Waals surface area (Å²) in [5.41, 5.74) is 2.01. The van der Waals surface area contributed by atoms with Crippen molar-refractivity contribution in [1.82, 2.24) is 25.3 Å². The number of carbonyl (C=O) groups excluding carboxylic acids is 2. The van der Waals surface area contributed by atoms with Gasteiger partial charge in [-0.25, -0.2) is 29.5 Å². The van der Waals surface area contributed by atoms with Crippen molar-refractivity contribution in [2.45, 2.75) is 26.8 Å². The van der Waals surface area contributed by atoms with E-state index < -0.39 is 6.04 Å². The summed E-state index contributed by atoms with van der Waals surface area (Å²) in [5, 5.41) is 8.85. The minimum Gasteiger partial charge on any atom is -0.464 e. The molecule has 0 fully saturated rings. The van der Waals surface area contributed by atoms with Crippen LogP contribution >= 0.6 is 11.3 Å². The Balaban J connectivity index is 1.99. The molecule has 0 spiro atoms. The van der Waals surface area contributed by atoms with Gasteiger partial charge in [0.25, 0.3) is 0 Å². The number of nitrogens with zero attached hydrogens (tertiary/aromatic N) is 4. The van der Waals surface area contributed by atoms with Gasteiger partial charge < -0.3 is 15.4 Å². The van der Waals surface area contributed by atoms with Crippen LogP contribution in [-0.2, 0) is 9.53 Å². The maximum atomic E-state index is 12.0. The van der Waals surface area contributed by atoms with Crippen LogP contribution in [0.2, 0.25) is 0 Å². The lowest BCUT2D eigenvalue weighted by Crippen LogP contribution is -2.28. The van der Waals surface area contributed by atoms with E-state index in [1.54, 1.807) is 26.2 Å². The van der Waals surface area contributed by atoms with Crippen LogP contribution in [0, 0.1) is 0 Å². The largest absolute Gasteiger partial charge is 0.464 e. The Labute approximate surface area is 171 Å². The highest BCUT2D eigenvalue weighted by atomic mass is 32.1. The highest BCUT2D eigenvalue weighted by Gasteiger charge is 2.19. The van der Waals surface area contributed by atoms with E-state index in [-0.39, 0.29) is 12.0 Å². The van der Waals surface area contributed by atoms with Crippen LogP contribution in [0.3, 0.4) is 0 Å². The number of pyridine rings is 1. The number of aromatic nitrogens is 4. The van der Waals surface area contributed by atoms with Gasteiger partial charge in [0.2, 0.25) is 0 Å². The summed E-state index contributed by atoms with van der Waals surface area (Å²) in [4.78, 5) is 41.6. The number of urea groups is 1. The third kappa shape index (κ3) is 4.93. The molecule has 0 bridgehead atoms. The number of anilines is 2. The zero-order valence-electron chi connectivity index (χ0n) is 16.2. The second kappa shape index (κ2) is 9.24. The molecule has 1 unspecified atom stereocenters. The SMILES string of the molecule is CCNC(=O)Nc1nc2cc(-c3cncnc3)c(NC(C)C(=O)OCC)nc2s1. The third-order valence-corrected chi connectivity index (χ3v) is 4.69. The molecule has 0 aliphatic rings. The Morgan fingerprint density at radius 3 is 2.66 bits per heavy atom. The van der Waals surface area contributed by atoms with E-state index in [9.17, 15) is 9.59 Å². The number of thiazole rings is 1. The van der Waals surface area contributed by atoms with Crippen molar-refractivity contribution in [3.63, 3.8) is 0 Å². The van der Waals surface area contributed by atoms with Crippen molar-refractivity contribution >= 4 is 44.6 Å². The Hall–Kier alpha value is -3.34. The molecule has 152 valence electrons. The van der Waals surface area contributed by atoms with Gasteiger partial charge in [-0.05, 0) is 26.8 Å². The fraction of sp³-hybridized carbons (Fsp3) is 0.333. The van der Waals surface area contributed by atoms with Gasteiger partial charge in [0, 0.05) is 30.1 Å². The van der Waals surface area contributed by atoms with Crippen LogP contribution in [0.4, 0.5) is 15.7 Å². The first kappa shape index (κ1) is 20.4. The number of hydrogen-bond donors (Lipinski definition) is 3. The monoisotopic (exact) mass is 415 g/mol. The zero-order chi connectivity index (χ0) is 20.8. The molecule has 0 aromatic carbocycles. The molecule has 0 saturated carbocycles. The summed E-state index contributed by atoms with van der Waals surface area (Å²) >= 11 is 1.23. The van der Waals surface area contributed by atoms with Gasteiger partial charge in [0.05, 0.1) is 6.61 Å². The number of esters is 1. The molecule has 10 nitrogen and oxygen atoms in total. The van der Waals surface area contributed by atoms with E-state index in [0.29, 0.717) is 45.6 Å². The fourth-order valence-corrected chi connectivity index (χ4v) is 3.34. The summed E-state index contributed by atoms with van der Waals surface area (Å²) in [5.74, 6) is 0.0913. The number of nitrogens with one attached hydrogen (secondary N) is 3. The molecule has 3 aromatic rings. The van der Waals surface area contributed by atoms with Gasteiger partial charge in [-0.3, -0.25) is 5.32 Å². The summed E-state index contributed by atoms with van der Waals surface area (Å²) in [6.45, 7) is 6.08. The van der Waals surface area contributed by atoms with E-state index in [0.717, 1.165) is 0 Å².